The molecular formula is C9H17NO3. The standard InChI is InChI=1S/C9H17NO3/c1-6(2)10-5-7(11)3-4-8(10)9(12)13/h6-8,11H,3-5H2,1-2H3,(H,12,13)/t7-,8-/m0/s1. The second-order valence-corrected chi connectivity index (χ2v) is 3.88. The first kappa shape index (κ1) is 10.5. The van der Waals surface area contributed by atoms with Gasteiger partial charge in [0.2, 0.25) is 0 Å². The predicted octanol–water partition coefficient (Wildman–Crippen LogP) is 0.305. The Kier molecular flexibility index (Phi) is 3.27. The monoisotopic (exact) mass is 187 g/mol. The van der Waals surface area contributed by atoms with Gasteiger partial charge in [0.05, 0.1) is 6.10 Å². The lowest BCUT2D eigenvalue weighted by atomic mass is 9.98. The molecule has 1 rings (SSSR count). The highest BCUT2D eigenvalue weighted by atomic mass is 16.4. The van der Waals surface area contributed by atoms with Crippen LogP contribution in [0.4, 0.5) is 0 Å². The number of aliphatic hydroxyl groups is 1. The highest BCUT2D eigenvalue weighted by molar-refractivity contribution is 5.73. The number of aliphatic carboxylic acids is 1. The van der Waals surface area contributed by atoms with Crippen molar-refractivity contribution in [1.82, 2.24) is 4.90 Å². The van der Waals surface area contributed by atoms with Crippen molar-refractivity contribution in [1.29, 1.82) is 0 Å². The zero-order valence-electron chi connectivity index (χ0n) is 8.10. The largest absolute Gasteiger partial charge is 0.480 e. The quantitative estimate of drug-likeness (QED) is 0.653. The minimum absolute atomic E-state index is 0.177. The Hall–Kier alpha value is -0.610. The third kappa shape index (κ3) is 2.42. The van der Waals surface area contributed by atoms with Gasteiger partial charge in [0.15, 0.2) is 0 Å². The molecule has 4 nitrogen and oxygen atoms in total. The van der Waals surface area contributed by atoms with E-state index in [1.54, 1.807) is 0 Å². The van der Waals surface area contributed by atoms with E-state index in [1.165, 1.54) is 0 Å². The Bertz CT molecular complexity index is 193. The molecule has 1 heterocycles. The van der Waals surface area contributed by atoms with Crippen LogP contribution in [-0.4, -0.2) is 45.8 Å². The summed E-state index contributed by atoms with van der Waals surface area (Å²) < 4.78 is 0. The average Bonchev–Trinajstić information content (AvgIpc) is 2.03. The number of carboxylic acid groups (broad SMARTS) is 1. The first-order valence-electron chi connectivity index (χ1n) is 4.69. The maximum absolute atomic E-state index is 10.9. The van der Waals surface area contributed by atoms with Gasteiger partial charge in [-0.15, -0.1) is 0 Å². The van der Waals surface area contributed by atoms with Gasteiger partial charge in [0.25, 0.3) is 0 Å². The molecule has 0 spiro atoms. The van der Waals surface area contributed by atoms with Crippen LogP contribution in [0.25, 0.3) is 0 Å². The lowest BCUT2D eigenvalue weighted by Gasteiger charge is -2.38. The van der Waals surface area contributed by atoms with E-state index >= 15 is 0 Å². The van der Waals surface area contributed by atoms with Crippen molar-refractivity contribution >= 4 is 5.97 Å². The van der Waals surface area contributed by atoms with Gasteiger partial charge in [-0.25, -0.2) is 0 Å². The number of hydrogen-bond acceptors (Lipinski definition) is 3. The van der Waals surface area contributed by atoms with Crippen molar-refractivity contribution in [3.63, 3.8) is 0 Å². The van der Waals surface area contributed by atoms with Gasteiger partial charge in [0.1, 0.15) is 6.04 Å². The molecule has 0 aromatic rings. The third-order valence-corrected chi connectivity index (χ3v) is 2.54. The van der Waals surface area contributed by atoms with E-state index < -0.39 is 12.0 Å². The maximum atomic E-state index is 10.9. The van der Waals surface area contributed by atoms with Gasteiger partial charge in [-0.1, -0.05) is 0 Å². The van der Waals surface area contributed by atoms with E-state index in [0.717, 1.165) is 0 Å². The molecule has 1 fully saturated rings. The lowest BCUT2D eigenvalue weighted by molar-refractivity contribution is -0.147. The van der Waals surface area contributed by atoms with E-state index in [1.807, 2.05) is 18.7 Å². The molecule has 0 amide bonds. The Morgan fingerprint density at radius 2 is 2.08 bits per heavy atom. The van der Waals surface area contributed by atoms with Gasteiger partial charge in [-0.3, -0.25) is 9.69 Å². The first-order chi connectivity index (χ1) is 6.02. The van der Waals surface area contributed by atoms with Crippen LogP contribution in [0.2, 0.25) is 0 Å². The zero-order chi connectivity index (χ0) is 10.0. The van der Waals surface area contributed by atoms with Crippen LogP contribution < -0.4 is 0 Å². The average molecular weight is 187 g/mol. The Balaban J connectivity index is 2.66. The summed E-state index contributed by atoms with van der Waals surface area (Å²) >= 11 is 0. The summed E-state index contributed by atoms with van der Waals surface area (Å²) in [7, 11) is 0. The number of carbonyl (C=O) groups is 1. The Labute approximate surface area is 78.2 Å². The van der Waals surface area contributed by atoms with E-state index in [0.29, 0.717) is 19.4 Å². The fraction of sp³-hybridized carbons (Fsp3) is 0.889. The SMILES string of the molecule is CC(C)N1C[C@@H](O)CC[C@H]1C(=O)O. The molecule has 1 aliphatic rings. The molecule has 0 bridgehead atoms. The molecule has 0 unspecified atom stereocenters. The summed E-state index contributed by atoms with van der Waals surface area (Å²) in [6.45, 7) is 4.39. The van der Waals surface area contributed by atoms with Crippen molar-refractivity contribution < 1.29 is 15.0 Å². The van der Waals surface area contributed by atoms with E-state index in [9.17, 15) is 9.90 Å². The van der Waals surface area contributed by atoms with Crippen LogP contribution >= 0.6 is 0 Å². The fourth-order valence-electron chi connectivity index (χ4n) is 1.81. The van der Waals surface area contributed by atoms with Crippen molar-refractivity contribution in [2.45, 2.75) is 44.9 Å². The van der Waals surface area contributed by atoms with Gasteiger partial charge in [0, 0.05) is 12.6 Å². The molecule has 76 valence electrons. The van der Waals surface area contributed by atoms with Gasteiger partial charge >= 0.3 is 5.97 Å². The molecule has 0 aliphatic carbocycles. The molecule has 0 radical (unpaired) electrons. The smallest absolute Gasteiger partial charge is 0.320 e. The van der Waals surface area contributed by atoms with Crippen molar-refractivity contribution in [3.05, 3.63) is 0 Å². The minimum Gasteiger partial charge on any atom is -0.480 e. The summed E-state index contributed by atoms with van der Waals surface area (Å²) in [6.07, 6.45) is 0.785. The molecule has 4 heteroatoms. The second kappa shape index (κ2) is 4.07. The van der Waals surface area contributed by atoms with Gasteiger partial charge < -0.3 is 10.2 Å². The molecular weight excluding hydrogens is 170 g/mol. The summed E-state index contributed by atoms with van der Waals surface area (Å²) in [6, 6.07) is -0.237. The topological polar surface area (TPSA) is 60.8 Å². The highest BCUT2D eigenvalue weighted by Crippen LogP contribution is 2.19. The maximum Gasteiger partial charge on any atom is 0.320 e. The second-order valence-electron chi connectivity index (χ2n) is 3.88. The first-order valence-corrected chi connectivity index (χ1v) is 4.69. The van der Waals surface area contributed by atoms with Crippen LogP contribution in [0.3, 0.4) is 0 Å². The minimum atomic E-state index is -0.777. The van der Waals surface area contributed by atoms with Gasteiger partial charge in [-0.2, -0.15) is 0 Å². The summed E-state index contributed by atoms with van der Waals surface area (Å²) in [5.74, 6) is -0.777. The number of piperidine rings is 1. The molecule has 2 atom stereocenters. The molecule has 13 heavy (non-hydrogen) atoms. The number of likely N-dealkylation sites (tertiary alicyclic amines) is 1. The number of aliphatic hydroxyl groups excluding tert-OH is 1. The van der Waals surface area contributed by atoms with E-state index in [2.05, 4.69) is 0 Å². The summed E-state index contributed by atoms with van der Waals surface area (Å²) in [5, 5.41) is 18.3. The number of rotatable bonds is 2. The van der Waals surface area contributed by atoms with Crippen LogP contribution in [0.5, 0.6) is 0 Å². The third-order valence-electron chi connectivity index (χ3n) is 2.54. The number of nitrogens with zero attached hydrogens (tertiary/aromatic N) is 1. The number of carboxylic acids is 1. The molecule has 0 aromatic carbocycles. The lowest BCUT2D eigenvalue weighted by Crippen LogP contribution is -2.52. The molecule has 2 N–H and O–H groups in total. The predicted molar refractivity (Wildman–Crippen MR) is 48.5 cm³/mol. The molecule has 1 aliphatic heterocycles. The van der Waals surface area contributed by atoms with Crippen molar-refractivity contribution in [2.24, 2.45) is 0 Å². The van der Waals surface area contributed by atoms with Crippen molar-refractivity contribution in [2.75, 3.05) is 6.54 Å². The van der Waals surface area contributed by atoms with Crippen LogP contribution in [0, 0.1) is 0 Å². The number of hydrogen-bond donors (Lipinski definition) is 2. The van der Waals surface area contributed by atoms with Crippen LogP contribution in [-0.2, 0) is 4.79 Å². The molecule has 0 aromatic heterocycles. The molecule has 1 saturated heterocycles. The Morgan fingerprint density at radius 1 is 1.46 bits per heavy atom. The van der Waals surface area contributed by atoms with E-state index in [4.69, 9.17) is 5.11 Å². The summed E-state index contributed by atoms with van der Waals surface area (Å²) in [4.78, 5) is 12.7. The Morgan fingerprint density at radius 3 is 2.54 bits per heavy atom. The fourth-order valence-corrected chi connectivity index (χ4v) is 1.81. The number of β-amino-alcohol motifs (C(OH)–C–C–N with tert-alkyl or cyclic N) is 1. The van der Waals surface area contributed by atoms with Crippen LogP contribution in [0.1, 0.15) is 26.7 Å². The van der Waals surface area contributed by atoms with E-state index in [-0.39, 0.29) is 12.1 Å². The normalized spacial score (nSPS) is 30.8. The van der Waals surface area contributed by atoms with Gasteiger partial charge in [-0.05, 0) is 26.7 Å². The summed E-state index contributed by atoms with van der Waals surface area (Å²) in [5.41, 5.74) is 0. The zero-order valence-corrected chi connectivity index (χ0v) is 8.10. The highest BCUT2D eigenvalue weighted by Gasteiger charge is 2.33. The van der Waals surface area contributed by atoms with Crippen molar-refractivity contribution in [3.8, 4) is 0 Å². The molecule has 0 saturated carbocycles. The van der Waals surface area contributed by atoms with Crippen LogP contribution in [0.15, 0.2) is 0 Å².